The van der Waals surface area contributed by atoms with E-state index in [0.717, 1.165) is 19.4 Å². The van der Waals surface area contributed by atoms with Crippen LogP contribution in [0.4, 0.5) is 4.79 Å². The van der Waals surface area contributed by atoms with Gasteiger partial charge in [0.25, 0.3) is 0 Å². The van der Waals surface area contributed by atoms with Gasteiger partial charge in [-0.15, -0.1) is 0 Å². The van der Waals surface area contributed by atoms with Gasteiger partial charge in [-0.05, 0) is 31.1 Å². The van der Waals surface area contributed by atoms with Crippen LogP contribution in [0.2, 0.25) is 0 Å². The number of hydrogen-bond donors (Lipinski definition) is 2. The quantitative estimate of drug-likeness (QED) is 0.825. The van der Waals surface area contributed by atoms with Gasteiger partial charge in [0.15, 0.2) is 0 Å². The summed E-state index contributed by atoms with van der Waals surface area (Å²) in [4.78, 5) is 24.6. The molecule has 0 aromatic heterocycles. The number of amides is 2. The molecule has 2 heterocycles. The Hall–Kier alpha value is -1.30. The third kappa shape index (κ3) is 4.33. The smallest absolute Gasteiger partial charge is 0.317 e. The number of hydrogen-bond acceptors (Lipinski definition) is 3. The summed E-state index contributed by atoms with van der Waals surface area (Å²) in [6, 6.07) is -0.133. The predicted octanol–water partition coefficient (Wildman–Crippen LogP) is 1.55. The number of carboxylic acids is 1. The van der Waals surface area contributed by atoms with Crippen molar-refractivity contribution in [3.8, 4) is 0 Å². The van der Waals surface area contributed by atoms with Crippen LogP contribution in [0.25, 0.3) is 0 Å². The first-order chi connectivity index (χ1) is 9.97. The average molecular weight is 298 g/mol. The molecule has 120 valence electrons. The highest BCUT2D eigenvalue weighted by atomic mass is 16.5. The SMILES string of the molecule is CC(C)C1CC(CNC(=O)N2CCC(C(=O)O)C2)CCO1. The van der Waals surface area contributed by atoms with Gasteiger partial charge in [-0.3, -0.25) is 4.79 Å². The number of carboxylic acid groups (broad SMARTS) is 1. The Kier molecular flexibility index (Phi) is 5.45. The lowest BCUT2D eigenvalue weighted by atomic mass is 9.90. The Morgan fingerprint density at radius 2 is 2.14 bits per heavy atom. The third-order valence-electron chi connectivity index (χ3n) is 4.53. The lowest BCUT2D eigenvalue weighted by Gasteiger charge is -2.32. The molecule has 2 fully saturated rings. The molecule has 3 atom stereocenters. The van der Waals surface area contributed by atoms with E-state index < -0.39 is 11.9 Å². The van der Waals surface area contributed by atoms with Gasteiger partial charge in [0.1, 0.15) is 0 Å². The van der Waals surface area contributed by atoms with Crippen molar-refractivity contribution in [2.24, 2.45) is 17.8 Å². The Morgan fingerprint density at radius 1 is 1.38 bits per heavy atom. The van der Waals surface area contributed by atoms with Crippen LogP contribution in [0.1, 0.15) is 33.1 Å². The first-order valence-electron chi connectivity index (χ1n) is 7.84. The van der Waals surface area contributed by atoms with Gasteiger partial charge in [0.05, 0.1) is 12.0 Å². The van der Waals surface area contributed by atoms with Crippen LogP contribution in [0.3, 0.4) is 0 Å². The Balaban J connectivity index is 1.73. The van der Waals surface area contributed by atoms with Crippen molar-refractivity contribution in [1.82, 2.24) is 10.2 Å². The molecule has 2 saturated heterocycles. The van der Waals surface area contributed by atoms with Crippen LogP contribution in [0, 0.1) is 17.8 Å². The van der Waals surface area contributed by atoms with Gasteiger partial charge in [-0.25, -0.2) is 4.79 Å². The second kappa shape index (κ2) is 7.11. The summed E-state index contributed by atoms with van der Waals surface area (Å²) in [7, 11) is 0. The molecule has 2 amide bonds. The summed E-state index contributed by atoms with van der Waals surface area (Å²) in [6.45, 7) is 6.58. The molecule has 0 aliphatic carbocycles. The fraction of sp³-hybridized carbons (Fsp3) is 0.867. The largest absolute Gasteiger partial charge is 0.481 e. The maximum absolute atomic E-state index is 12.1. The van der Waals surface area contributed by atoms with Crippen molar-refractivity contribution in [2.75, 3.05) is 26.2 Å². The van der Waals surface area contributed by atoms with Crippen molar-refractivity contribution in [3.63, 3.8) is 0 Å². The normalized spacial score (nSPS) is 29.7. The summed E-state index contributed by atoms with van der Waals surface area (Å²) < 4.78 is 5.73. The van der Waals surface area contributed by atoms with Crippen LogP contribution >= 0.6 is 0 Å². The molecule has 6 nitrogen and oxygen atoms in total. The van der Waals surface area contributed by atoms with Gasteiger partial charge < -0.3 is 20.1 Å². The van der Waals surface area contributed by atoms with Gasteiger partial charge in [0, 0.05) is 26.2 Å². The lowest BCUT2D eigenvalue weighted by Crippen LogP contribution is -2.43. The van der Waals surface area contributed by atoms with Crippen molar-refractivity contribution < 1.29 is 19.4 Å². The van der Waals surface area contributed by atoms with Crippen LogP contribution in [-0.4, -0.2) is 54.4 Å². The van der Waals surface area contributed by atoms with E-state index in [9.17, 15) is 9.59 Å². The lowest BCUT2D eigenvalue weighted by molar-refractivity contribution is -0.141. The van der Waals surface area contributed by atoms with E-state index >= 15 is 0 Å². The standard InChI is InChI=1S/C15H26N2O4/c1-10(2)13-7-11(4-6-21-13)8-16-15(20)17-5-3-12(9-17)14(18)19/h10-13H,3-9H2,1-2H3,(H,16,20)(H,18,19). The highest BCUT2D eigenvalue weighted by molar-refractivity contribution is 5.77. The maximum atomic E-state index is 12.1. The number of carbonyl (C=O) groups excluding carboxylic acids is 1. The van der Waals surface area contributed by atoms with Gasteiger partial charge in [-0.1, -0.05) is 13.8 Å². The van der Waals surface area contributed by atoms with Crippen LogP contribution in [-0.2, 0) is 9.53 Å². The predicted molar refractivity (Wildman–Crippen MR) is 78.0 cm³/mol. The van der Waals surface area contributed by atoms with Gasteiger partial charge >= 0.3 is 12.0 Å². The fourth-order valence-corrected chi connectivity index (χ4v) is 3.04. The minimum absolute atomic E-state index is 0.133. The molecule has 0 radical (unpaired) electrons. The molecule has 6 heteroatoms. The Labute approximate surface area is 125 Å². The zero-order valence-electron chi connectivity index (χ0n) is 12.9. The van der Waals surface area contributed by atoms with Crippen molar-refractivity contribution >= 4 is 12.0 Å². The highest BCUT2D eigenvalue weighted by Gasteiger charge is 2.31. The van der Waals surface area contributed by atoms with E-state index in [1.807, 2.05) is 0 Å². The molecule has 0 spiro atoms. The zero-order valence-corrected chi connectivity index (χ0v) is 12.9. The number of carbonyl (C=O) groups is 2. The summed E-state index contributed by atoms with van der Waals surface area (Å²) >= 11 is 0. The molecule has 0 aromatic carbocycles. The molecule has 21 heavy (non-hydrogen) atoms. The molecule has 2 aliphatic rings. The van der Waals surface area contributed by atoms with E-state index in [0.29, 0.717) is 37.9 Å². The topological polar surface area (TPSA) is 78.9 Å². The van der Waals surface area contributed by atoms with Crippen molar-refractivity contribution in [1.29, 1.82) is 0 Å². The third-order valence-corrected chi connectivity index (χ3v) is 4.53. The maximum Gasteiger partial charge on any atom is 0.317 e. The summed E-state index contributed by atoms with van der Waals surface area (Å²) in [5, 5.41) is 11.9. The Bertz CT molecular complexity index is 386. The second-order valence-electron chi connectivity index (χ2n) is 6.50. The van der Waals surface area contributed by atoms with Crippen molar-refractivity contribution in [3.05, 3.63) is 0 Å². The monoisotopic (exact) mass is 298 g/mol. The number of nitrogens with one attached hydrogen (secondary N) is 1. The summed E-state index contributed by atoms with van der Waals surface area (Å²) in [6.07, 6.45) is 2.79. The molecule has 3 unspecified atom stereocenters. The molecule has 2 aliphatic heterocycles. The molecular weight excluding hydrogens is 272 g/mol. The molecule has 0 aromatic rings. The highest BCUT2D eigenvalue weighted by Crippen LogP contribution is 2.24. The van der Waals surface area contributed by atoms with Crippen molar-refractivity contribution in [2.45, 2.75) is 39.2 Å². The number of rotatable bonds is 4. The summed E-state index contributed by atoms with van der Waals surface area (Å²) in [5.74, 6) is -0.273. The molecular formula is C15H26N2O4. The van der Waals surface area contributed by atoms with Crippen LogP contribution in [0.5, 0.6) is 0 Å². The van der Waals surface area contributed by atoms with E-state index in [1.165, 1.54) is 0 Å². The molecule has 2 N–H and O–H groups in total. The van der Waals surface area contributed by atoms with Crippen LogP contribution < -0.4 is 5.32 Å². The number of ether oxygens (including phenoxy) is 1. The zero-order chi connectivity index (χ0) is 15.4. The van der Waals surface area contributed by atoms with Crippen LogP contribution in [0.15, 0.2) is 0 Å². The molecule has 2 rings (SSSR count). The minimum atomic E-state index is -0.811. The second-order valence-corrected chi connectivity index (χ2v) is 6.50. The first-order valence-corrected chi connectivity index (χ1v) is 7.84. The van der Waals surface area contributed by atoms with E-state index in [4.69, 9.17) is 9.84 Å². The van der Waals surface area contributed by atoms with E-state index in [-0.39, 0.29) is 12.1 Å². The summed E-state index contributed by atoms with van der Waals surface area (Å²) in [5.41, 5.74) is 0. The molecule has 0 saturated carbocycles. The Morgan fingerprint density at radius 3 is 2.76 bits per heavy atom. The molecule has 0 bridgehead atoms. The van der Waals surface area contributed by atoms with E-state index in [1.54, 1.807) is 4.90 Å². The number of aliphatic carboxylic acids is 1. The van der Waals surface area contributed by atoms with Gasteiger partial charge in [-0.2, -0.15) is 0 Å². The number of urea groups is 1. The number of likely N-dealkylation sites (tertiary alicyclic amines) is 1. The van der Waals surface area contributed by atoms with Gasteiger partial charge in [0.2, 0.25) is 0 Å². The average Bonchev–Trinajstić information content (AvgIpc) is 2.95. The first kappa shape index (κ1) is 16.1. The van der Waals surface area contributed by atoms with E-state index in [2.05, 4.69) is 19.2 Å². The minimum Gasteiger partial charge on any atom is -0.481 e. The fourth-order valence-electron chi connectivity index (χ4n) is 3.04. The number of nitrogens with zero attached hydrogens (tertiary/aromatic N) is 1.